The molecule has 0 atom stereocenters. The second-order valence-corrected chi connectivity index (χ2v) is 5.05. The van der Waals surface area contributed by atoms with Crippen LogP contribution in [0.4, 0.5) is 4.79 Å². The average Bonchev–Trinajstić information content (AvgIpc) is 2.95. The van der Waals surface area contributed by atoms with E-state index in [0.29, 0.717) is 18.0 Å². The van der Waals surface area contributed by atoms with Crippen molar-refractivity contribution in [3.8, 4) is 0 Å². The first-order valence-electron chi connectivity index (χ1n) is 6.24. The molecule has 2 amide bonds. The number of nitrogens with zero attached hydrogens (tertiary/aromatic N) is 2. The maximum Gasteiger partial charge on any atom is 0.355 e. The fraction of sp³-hybridized carbons (Fsp3) is 0.231. The zero-order valence-electron chi connectivity index (χ0n) is 11.1. The van der Waals surface area contributed by atoms with Crippen molar-refractivity contribution in [1.82, 2.24) is 20.6 Å². The highest BCUT2D eigenvalue weighted by Gasteiger charge is 2.09. The molecule has 7 nitrogen and oxygen atoms in total. The van der Waals surface area contributed by atoms with Gasteiger partial charge in [0.2, 0.25) is 0 Å². The summed E-state index contributed by atoms with van der Waals surface area (Å²) < 4.78 is 0. The van der Waals surface area contributed by atoms with E-state index >= 15 is 0 Å². The molecule has 0 aliphatic rings. The first kappa shape index (κ1) is 14.9. The Labute approximate surface area is 125 Å². The van der Waals surface area contributed by atoms with E-state index in [1.165, 1.54) is 16.7 Å². The maximum absolute atomic E-state index is 11.6. The summed E-state index contributed by atoms with van der Waals surface area (Å²) in [5.41, 5.74) is 0.899. The van der Waals surface area contributed by atoms with E-state index in [1.807, 2.05) is 18.2 Å². The molecular formula is C13H14N4O3S. The Kier molecular flexibility index (Phi) is 5.22. The number of amides is 2. The minimum absolute atomic E-state index is 0.00707. The van der Waals surface area contributed by atoms with Crippen LogP contribution in [0.1, 0.15) is 21.2 Å². The first-order chi connectivity index (χ1) is 10.1. The normalized spacial score (nSPS) is 10.1. The van der Waals surface area contributed by atoms with Crippen LogP contribution in [-0.2, 0) is 13.0 Å². The van der Waals surface area contributed by atoms with Gasteiger partial charge in [-0.3, -0.25) is 4.98 Å². The highest BCUT2D eigenvalue weighted by molar-refractivity contribution is 7.09. The molecule has 0 saturated heterocycles. The second-order valence-electron chi connectivity index (χ2n) is 4.11. The predicted octanol–water partition coefficient (Wildman–Crippen LogP) is 1.28. The Bertz CT molecular complexity index is 615. The Hall–Kier alpha value is -2.48. The van der Waals surface area contributed by atoms with Crippen molar-refractivity contribution in [2.24, 2.45) is 0 Å². The number of pyridine rings is 1. The zero-order chi connectivity index (χ0) is 15.1. The topological polar surface area (TPSA) is 104 Å². The fourth-order valence-corrected chi connectivity index (χ4v) is 2.27. The molecule has 0 saturated carbocycles. The summed E-state index contributed by atoms with van der Waals surface area (Å²) in [6.45, 7) is 0.675. The third-order valence-electron chi connectivity index (χ3n) is 2.56. The number of hydrogen-bond donors (Lipinski definition) is 3. The minimum atomic E-state index is -1.07. The van der Waals surface area contributed by atoms with E-state index in [4.69, 9.17) is 5.11 Å². The van der Waals surface area contributed by atoms with E-state index < -0.39 is 5.97 Å². The summed E-state index contributed by atoms with van der Waals surface area (Å²) in [4.78, 5) is 30.3. The molecule has 2 aromatic heterocycles. The van der Waals surface area contributed by atoms with Gasteiger partial charge in [0, 0.05) is 30.2 Å². The molecule has 0 bridgehead atoms. The number of thiazole rings is 1. The lowest BCUT2D eigenvalue weighted by molar-refractivity contribution is 0.0691. The lowest BCUT2D eigenvalue weighted by atomic mass is 10.3. The quantitative estimate of drug-likeness (QED) is 0.745. The number of rotatable bonds is 6. The number of hydrogen-bond acceptors (Lipinski definition) is 5. The molecule has 0 fully saturated rings. The molecule has 2 rings (SSSR count). The zero-order valence-corrected chi connectivity index (χ0v) is 11.9. The average molecular weight is 306 g/mol. The van der Waals surface area contributed by atoms with E-state index in [2.05, 4.69) is 20.6 Å². The van der Waals surface area contributed by atoms with Crippen LogP contribution in [-0.4, -0.2) is 33.6 Å². The summed E-state index contributed by atoms with van der Waals surface area (Å²) in [5, 5.41) is 16.1. The molecule has 8 heteroatoms. The summed E-state index contributed by atoms with van der Waals surface area (Å²) >= 11 is 1.20. The Balaban J connectivity index is 1.68. The summed E-state index contributed by atoms with van der Waals surface area (Å²) in [6.07, 6.45) is 2.35. The predicted molar refractivity (Wildman–Crippen MR) is 77.3 cm³/mol. The van der Waals surface area contributed by atoms with Crippen LogP contribution in [0.3, 0.4) is 0 Å². The number of carbonyl (C=O) groups is 2. The van der Waals surface area contributed by atoms with Gasteiger partial charge in [0.25, 0.3) is 0 Å². The van der Waals surface area contributed by atoms with Gasteiger partial charge >= 0.3 is 12.0 Å². The molecule has 0 aromatic carbocycles. The number of aromatic carboxylic acids is 1. The highest BCUT2D eigenvalue weighted by atomic mass is 32.1. The summed E-state index contributed by atoms with van der Waals surface area (Å²) in [5.74, 6) is -1.07. The van der Waals surface area contributed by atoms with Crippen molar-refractivity contribution in [3.63, 3.8) is 0 Å². The van der Waals surface area contributed by atoms with E-state index in [-0.39, 0.29) is 18.3 Å². The minimum Gasteiger partial charge on any atom is -0.476 e. The van der Waals surface area contributed by atoms with Gasteiger partial charge in [0.15, 0.2) is 5.69 Å². The van der Waals surface area contributed by atoms with Crippen LogP contribution < -0.4 is 10.6 Å². The van der Waals surface area contributed by atoms with Gasteiger partial charge in [0.05, 0.1) is 6.54 Å². The van der Waals surface area contributed by atoms with Crippen LogP contribution in [0.15, 0.2) is 29.8 Å². The molecule has 0 aliphatic carbocycles. The second kappa shape index (κ2) is 7.34. The van der Waals surface area contributed by atoms with Gasteiger partial charge in [-0.1, -0.05) is 6.07 Å². The smallest absolute Gasteiger partial charge is 0.355 e. The maximum atomic E-state index is 11.6. The monoisotopic (exact) mass is 306 g/mol. The number of aromatic nitrogens is 2. The van der Waals surface area contributed by atoms with Gasteiger partial charge in [-0.25, -0.2) is 14.6 Å². The third kappa shape index (κ3) is 4.84. The molecule has 3 N–H and O–H groups in total. The van der Waals surface area contributed by atoms with Crippen LogP contribution in [0.25, 0.3) is 0 Å². The largest absolute Gasteiger partial charge is 0.476 e. The molecule has 0 unspecified atom stereocenters. The van der Waals surface area contributed by atoms with E-state index in [9.17, 15) is 9.59 Å². The molecule has 2 aromatic rings. The fourth-order valence-electron chi connectivity index (χ4n) is 1.56. The number of carboxylic acids is 1. The van der Waals surface area contributed by atoms with Gasteiger partial charge in [-0.15, -0.1) is 11.3 Å². The molecule has 2 heterocycles. The Morgan fingerprint density at radius 2 is 2.14 bits per heavy atom. The standard InChI is InChI=1S/C13H14N4O3S/c18-12(19)10-8-21-11(17-10)7-16-13(20)15-6-4-9-3-1-2-5-14-9/h1-3,5,8H,4,6-7H2,(H,18,19)(H2,15,16,20). The highest BCUT2D eigenvalue weighted by Crippen LogP contribution is 2.09. The van der Waals surface area contributed by atoms with Crippen molar-refractivity contribution in [2.45, 2.75) is 13.0 Å². The molecular weight excluding hydrogens is 292 g/mol. The van der Waals surface area contributed by atoms with Crippen molar-refractivity contribution in [1.29, 1.82) is 0 Å². The van der Waals surface area contributed by atoms with Crippen LogP contribution >= 0.6 is 11.3 Å². The summed E-state index contributed by atoms with van der Waals surface area (Å²) in [6, 6.07) is 5.30. The summed E-state index contributed by atoms with van der Waals surface area (Å²) in [7, 11) is 0. The molecule has 0 spiro atoms. The SMILES string of the molecule is O=C(NCCc1ccccn1)NCc1nc(C(=O)O)cs1. The van der Waals surface area contributed by atoms with E-state index in [0.717, 1.165) is 5.69 Å². The first-order valence-corrected chi connectivity index (χ1v) is 7.12. The van der Waals surface area contributed by atoms with Crippen molar-refractivity contribution < 1.29 is 14.7 Å². The van der Waals surface area contributed by atoms with Gasteiger partial charge < -0.3 is 15.7 Å². The lowest BCUT2D eigenvalue weighted by Gasteiger charge is -2.05. The molecule has 110 valence electrons. The molecule has 21 heavy (non-hydrogen) atoms. The van der Waals surface area contributed by atoms with Crippen molar-refractivity contribution in [2.75, 3.05) is 6.54 Å². The van der Waals surface area contributed by atoms with Crippen LogP contribution in [0, 0.1) is 0 Å². The Morgan fingerprint density at radius 1 is 1.29 bits per heavy atom. The third-order valence-corrected chi connectivity index (χ3v) is 3.41. The number of carbonyl (C=O) groups excluding carboxylic acids is 1. The molecule has 0 radical (unpaired) electrons. The van der Waals surface area contributed by atoms with Gasteiger partial charge in [-0.2, -0.15) is 0 Å². The van der Waals surface area contributed by atoms with Crippen molar-refractivity contribution >= 4 is 23.3 Å². The lowest BCUT2D eigenvalue weighted by Crippen LogP contribution is -2.36. The number of nitrogens with one attached hydrogen (secondary N) is 2. The Morgan fingerprint density at radius 3 is 2.81 bits per heavy atom. The van der Waals surface area contributed by atoms with Gasteiger partial charge in [-0.05, 0) is 12.1 Å². The van der Waals surface area contributed by atoms with Crippen molar-refractivity contribution in [3.05, 3.63) is 46.2 Å². The number of carboxylic acid groups (broad SMARTS) is 1. The van der Waals surface area contributed by atoms with Crippen LogP contribution in [0.2, 0.25) is 0 Å². The van der Waals surface area contributed by atoms with E-state index in [1.54, 1.807) is 6.20 Å². The van der Waals surface area contributed by atoms with Crippen LogP contribution in [0.5, 0.6) is 0 Å². The molecule has 0 aliphatic heterocycles. The van der Waals surface area contributed by atoms with Gasteiger partial charge in [0.1, 0.15) is 5.01 Å². The number of urea groups is 1.